The van der Waals surface area contributed by atoms with Crippen LogP contribution in [0.5, 0.6) is 0 Å². The standard InChI is InChI=1S/C13H19N3O4S/c1-2-20-13(17)10-8-12(15-9-11(10)14)16-4-3-6-21(18,19)7-5-16/h8-9H,2-7,14H2,1H3. The van der Waals surface area contributed by atoms with E-state index >= 15 is 0 Å². The summed E-state index contributed by atoms with van der Waals surface area (Å²) in [4.78, 5) is 17.9. The maximum absolute atomic E-state index is 11.8. The van der Waals surface area contributed by atoms with E-state index in [0.717, 1.165) is 0 Å². The zero-order valence-electron chi connectivity index (χ0n) is 11.9. The Bertz CT molecular complexity index is 630. The highest BCUT2D eigenvalue weighted by molar-refractivity contribution is 7.91. The van der Waals surface area contributed by atoms with Crippen LogP contribution < -0.4 is 10.6 Å². The molecular formula is C13H19N3O4S. The van der Waals surface area contributed by atoms with Crippen LogP contribution in [0.25, 0.3) is 0 Å². The lowest BCUT2D eigenvalue weighted by Gasteiger charge is -2.21. The number of sulfone groups is 1. The number of hydrogen-bond acceptors (Lipinski definition) is 7. The number of carbonyl (C=O) groups is 1. The molecule has 7 nitrogen and oxygen atoms in total. The first-order chi connectivity index (χ1) is 9.93. The van der Waals surface area contributed by atoms with Crippen LogP contribution >= 0.6 is 0 Å². The van der Waals surface area contributed by atoms with Crippen molar-refractivity contribution in [2.75, 3.05) is 41.8 Å². The number of rotatable bonds is 3. The number of nitrogen functional groups attached to an aromatic ring is 1. The van der Waals surface area contributed by atoms with Crippen molar-refractivity contribution in [2.24, 2.45) is 0 Å². The van der Waals surface area contributed by atoms with Gasteiger partial charge in [0.25, 0.3) is 0 Å². The second kappa shape index (κ2) is 6.30. The molecule has 2 N–H and O–H groups in total. The third kappa shape index (κ3) is 3.84. The Balaban J connectivity index is 2.24. The normalized spacial score (nSPS) is 18.0. The summed E-state index contributed by atoms with van der Waals surface area (Å²) in [6, 6.07) is 1.56. The second-order valence-electron chi connectivity index (χ2n) is 4.84. The first-order valence-electron chi connectivity index (χ1n) is 6.81. The Labute approximate surface area is 124 Å². The van der Waals surface area contributed by atoms with Crippen LogP contribution in [0.2, 0.25) is 0 Å². The fourth-order valence-electron chi connectivity index (χ4n) is 2.18. The van der Waals surface area contributed by atoms with E-state index in [4.69, 9.17) is 10.5 Å². The molecule has 1 aliphatic rings. The molecule has 2 heterocycles. The number of esters is 1. The van der Waals surface area contributed by atoms with Gasteiger partial charge >= 0.3 is 5.97 Å². The molecule has 0 radical (unpaired) electrons. The van der Waals surface area contributed by atoms with Gasteiger partial charge in [0.1, 0.15) is 5.82 Å². The van der Waals surface area contributed by atoms with Crippen molar-refractivity contribution in [2.45, 2.75) is 13.3 Å². The fourth-order valence-corrected chi connectivity index (χ4v) is 3.45. The van der Waals surface area contributed by atoms with Crippen molar-refractivity contribution < 1.29 is 17.9 Å². The molecule has 0 amide bonds. The number of hydrogen-bond donors (Lipinski definition) is 1. The maximum atomic E-state index is 11.8. The van der Waals surface area contributed by atoms with Crippen molar-refractivity contribution in [3.05, 3.63) is 17.8 Å². The van der Waals surface area contributed by atoms with Gasteiger partial charge in [0, 0.05) is 13.1 Å². The van der Waals surface area contributed by atoms with Crippen LogP contribution in [0.15, 0.2) is 12.3 Å². The lowest BCUT2D eigenvalue weighted by atomic mass is 10.2. The molecule has 2 rings (SSSR count). The minimum Gasteiger partial charge on any atom is -0.462 e. The van der Waals surface area contributed by atoms with Gasteiger partial charge in [-0.3, -0.25) is 0 Å². The smallest absolute Gasteiger partial charge is 0.340 e. The number of ether oxygens (including phenoxy) is 1. The Hall–Kier alpha value is -1.83. The van der Waals surface area contributed by atoms with Crippen LogP contribution in [-0.4, -0.2) is 50.6 Å². The van der Waals surface area contributed by atoms with Crippen molar-refractivity contribution in [3.63, 3.8) is 0 Å². The van der Waals surface area contributed by atoms with E-state index in [1.807, 2.05) is 4.90 Å². The summed E-state index contributed by atoms with van der Waals surface area (Å²) in [6.45, 7) is 2.92. The molecule has 116 valence electrons. The number of anilines is 2. The molecule has 1 aromatic heterocycles. The molecule has 0 bridgehead atoms. The summed E-state index contributed by atoms with van der Waals surface area (Å²) in [5.74, 6) is 0.322. The van der Waals surface area contributed by atoms with E-state index in [2.05, 4.69) is 4.98 Å². The van der Waals surface area contributed by atoms with E-state index in [1.54, 1.807) is 13.0 Å². The summed E-state index contributed by atoms with van der Waals surface area (Å²) in [5, 5.41) is 0. The van der Waals surface area contributed by atoms with E-state index in [1.165, 1.54) is 6.20 Å². The molecule has 0 aliphatic carbocycles. The Morgan fingerprint density at radius 1 is 1.43 bits per heavy atom. The summed E-state index contributed by atoms with van der Waals surface area (Å²) < 4.78 is 28.2. The van der Waals surface area contributed by atoms with Gasteiger partial charge in [-0.05, 0) is 19.4 Å². The monoisotopic (exact) mass is 313 g/mol. The van der Waals surface area contributed by atoms with Gasteiger partial charge in [0.15, 0.2) is 9.84 Å². The van der Waals surface area contributed by atoms with Crippen LogP contribution in [0, 0.1) is 0 Å². The van der Waals surface area contributed by atoms with Gasteiger partial charge in [0.2, 0.25) is 0 Å². The summed E-state index contributed by atoms with van der Waals surface area (Å²) >= 11 is 0. The topological polar surface area (TPSA) is 103 Å². The molecule has 1 fully saturated rings. The number of carbonyl (C=O) groups excluding carboxylic acids is 1. The van der Waals surface area contributed by atoms with Crippen molar-refractivity contribution >= 4 is 27.3 Å². The summed E-state index contributed by atoms with van der Waals surface area (Å²) in [7, 11) is -2.99. The van der Waals surface area contributed by atoms with Crippen molar-refractivity contribution in [1.29, 1.82) is 0 Å². The zero-order valence-corrected chi connectivity index (χ0v) is 12.7. The van der Waals surface area contributed by atoms with E-state index < -0.39 is 15.8 Å². The number of aromatic nitrogens is 1. The van der Waals surface area contributed by atoms with Crippen LogP contribution in [0.4, 0.5) is 11.5 Å². The van der Waals surface area contributed by atoms with E-state index in [9.17, 15) is 13.2 Å². The molecule has 1 aromatic rings. The average Bonchev–Trinajstić information content (AvgIpc) is 2.60. The van der Waals surface area contributed by atoms with Crippen molar-refractivity contribution in [1.82, 2.24) is 4.98 Å². The van der Waals surface area contributed by atoms with E-state index in [0.29, 0.717) is 25.3 Å². The molecule has 1 saturated heterocycles. The largest absolute Gasteiger partial charge is 0.462 e. The van der Waals surface area contributed by atoms with Crippen LogP contribution in [0.3, 0.4) is 0 Å². The lowest BCUT2D eigenvalue weighted by Crippen LogP contribution is -2.28. The highest BCUT2D eigenvalue weighted by Gasteiger charge is 2.21. The van der Waals surface area contributed by atoms with Crippen LogP contribution in [-0.2, 0) is 14.6 Å². The Kier molecular flexibility index (Phi) is 4.66. The van der Waals surface area contributed by atoms with Gasteiger partial charge in [-0.1, -0.05) is 0 Å². The molecule has 0 spiro atoms. The quantitative estimate of drug-likeness (QED) is 0.809. The van der Waals surface area contributed by atoms with Gasteiger partial charge < -0.3 is 15.4 Å². The third-order valence-corrected chi connectivity index (χ3v) is 5.01. The number of pyridine rings is 1. The van der Waals surface area contributed by atoms with Crippen molar-refractivity contribution in [3.8, 4) is 0 Å². The predicted molar refractivity (Wildman–Crippen MR) is 80.1 cm³/mol. The lowest BCUT2D eigenvalue weighted by molar-refractivity contribution is 0.0527. The molecule has 0 aromatic carbocycles. The highest BCUT2D eigenvalue weighted by Crippen LogP contribution is 2.20. The van der Waals surface area contributed by atoms with Crippen LogP contribution in [0.1, 0.15) is 23.7 Å². The molecule has 0 unspecified atom stereocenters. The first-order valence-corrected chi connectivity index (χ1v) is 8.63. The minimum absolute atomic E-state index is 0.0911. The second-order valence-corrected chi connectivity index (χ2v) is 7.15. The number of nitrogens with zero attached hydrogens (tertiary/aromatic N) is 2. The molecule has 1 aliphatic heterocycles. The fraction of sp³-hybridized carbons (Fsp3) is 0.538. The first kappa shape index (κ1) is 15.6. The Morgan fingerprint density at radius 3 is 2.90 bits per heavy atom. The SMILES string of the molecule is CCOC(=O)c1cc(N2CCCS(=O)(=O)CC2)ncc1N. The highest BCUT2D eigenvalue weighted by atomic mass is 32.2. The summed E-state index contributed by atoms with van der Waals surface area (Å²) in [5.41, 5.74) is 6.25. The third-order valence-electron chi connectivity index (χ3n) is 3.30. The van der Waals surface area contributed by atoms with Gasteiger partial charge in [-0.25, -0.2) is 18.2 Å². The number of nitrogens with two attached hydrogens (primary N) is 1. The zero-order chi connectivity index (χ0) is 15.5. The molecule has 8 heteroatoms. The molecule has 21 heavy (non-hydrogen) atoms. The maximum Gasteiger partial charge on any atom is 0.340 e. The van der Waals surface area contributed by atoms with E-state index in [-0.39, 0.29) is 29.4 Å². The summed E-state index contributed by atoms with van der Waals surface area (Å²) in [6.07, 6.45) is 1.95. The molecule has 0 atom stereocenters. The average molecular weight is 313 g/mol. The predicted octanol–water partition coefficient (Wildman–Crippen LogP) is 0.465. The van der Waals surface area contributed by atoms with Gasteiger partial charge in [-0.2, -0.15) is 0 Å². The molecular weight excluding hydrogens is 294 g/mol. The van der Waals surface area contributed by atoms with Gasteiger partial charge in [-0.15, -0.1) is 0 Å². The Morgan fingerprint density at radius 2 is 2.19 bits per heavy atom. The minimum atomic E-state index is -2.99. The molecule has 0 saturated carbocycles. The van der Waals surface area contributed by atoms with Gasteiger partial charge in [0.05, 0.1) is 35.6 Å².